The van der Waals surface area contributed by atoms with Crippen LogP contribution >= 0.6 is 0 Å². The predicted octanol–water partition coefficient (Wildman–Crippen LogP) is 2.37. The number of ether oxygens (including phenoxy) is 1. The number of carbonyl (C=O) groups excluding carboxylic acids is 2. The molecule has 1 saturated heterocycles. The van der Waals surface area contributed by atoms with Gasteiger partial charge < -0.3 is 25.8 Å². The van der Waals surface area contributed by atoms with Crippen LogP contribution in [-0.4, -0.2) is 48.1 Å². The highest BCUT2D eigenvalue weighted by Gasteiger charge is 2.39. The summed E-state index contributed by atoms with van der Waals surface area (Å²) in [5.41, 5.74) is 8.98. The summed E-state index contributed by atoms with van der Waals surface area (Å²) in [4.78, 5) is 27.2. The molecule has 3 aromatic carbocycles. The number of hydrogen-bond acceptors (Lipinski definition) is 5. The Morgan fingerprint density at radius 2 is 1.76 bits per heavy atom. The molecule has 1 fully saturated rings. The summed E-state index contributed by atoms with van der Waals surface area (Å²) in [7, 11) is 0. The second-order valence-electron chi connectivity index (χ2n) is 7.62. The Morgan fingerprint density at radius 1 is 1.06 bits per heavy atom. The van der Waals surface area contributed by atoms with Crippen LogP contribution in [0.4, 0.5) is 11.4 Å². The Bertz CT molecular complexity index is 1160. The maximum atomic E-state index is 13.1. The number of nitrogens with two attached hydrogens (primary N) is 1. The first kappa shape index (κ1) is 22.2. The molecular weight excluding hydrogens is 420 g/mol. The number of carbonyl (C=O) groups is 2. The van der Waals surface area contributed by atoms with Gasteiger partial charge >= 0.3 is 0 Å². The zero-order chi connectivity index (χ0) is 23.4. The van der Waals surface area contributed by atoms with Crippen molar-refractivity contribution < 1.29 is 19.4 Å². The number of nitrogen functional groups attached to an aromatic ring is 1. The van der Waals surface area contributed by atoms with Crippen LogP contribution in [0.3, 0.4) is 0 Å². The quantitative estimate of drug-likeness (QED) is 0.343. The molecule has 0 radical (unpaired) electrons. The highest BCUT2D eigenvalue weighted by atomic mass is 16.5. The van der Waals surface area contributed by atoms with E-state index in [1.54, 1.807) is 24.3 Å². The van der Waals surface area contributed by atoms with Crippen LogP contribution in [0.15, 0.2) is 78.9 Å². The molecular formula is C25H24N4O4. The van der Waals surface area contributed by atoms with Gasteiger partial charge in [-0.05, 0) is 47.5 Å². The lowest BCUT2D eigenvalue weighted by Gasteiger charge is -2.34. The van der Waals surface area contributed by atoms with Crippen molar-refractivity contribution >= 4 is 29.0 Å². The molecule has 0 saturated carbocycles. The van der Waals surface area contributed by atoms with Gasteiger partial charge in [-0.3, -0.25) is 15.0 Å². The molecule has 3 aromatic rings. The third-order valence-electron chi connectivity index (χ3n) is 5.41. The van der Waals surface area contributed by atoms with Crippen LogP contribution < -0.4 is 16.0 Å². The third kappa shape index (κ3) is 4.92. The summed E-state index contributed by atoms with van der Waals surface area (Å²) >= 11 is 0. The molecule has 1 aliphatic rings. The standard InChI is InChI=1S/C25H24N4O4/c26-23(27)17-9-11-19(12-10-17)28-24(31)21(30)22-25(32)29(13-14-33-22)20-8-4-7-18(15-20)16-5-2-1-3-6-16/h1-12,15,21-22,30H,13-14H2,(H3,26,27)(H,28,31)/t21?,22-/m1/s1. The number of nitrogens with zero attached hydrogens (tertiary/aromatic N) is 1. The molecule has 1 heterocycles. The number of morpholine rings is 1. The van der Waals surface area contributed by atoms with Crippen LogP contribution in [0.1, 0.15) is 5.56 Å². The normalized spacial score (nSPS) is 16.8. The van der Waals surface area contributed by atoms with Crippen molar-refractivity contribution in [3.63, 3.8) is 0 Å². The molecule has 4 rings (SSSR count). The lowest BCUT2D eigenvalue weighted by atomic mass is 10.0. The molecule has 2 amide bonds. The largest absolute Gasteiger partial charge is 0.384 e. The Morgan fingerprint density at radius 3 is 2.45 bits per heavy atom. The van der Waals surface area contributed by atoms with Crippen molar-refractivity contribution in [3.05, 3.63) is 84.4 Å². The van der Waals surface area contributed by atoms with Gasteiger partial charge in [0.2, 0.25) is 0 Å². The Kier molecular flexibility index (Phi) is 6.48. The first-order chi connectivity index (χ1) is 15.9. The Labute approximate surface area is 191 Å². The molecule has 168 valence electrons. The second-order valence-corrected chi connectivity index (χ2v) is 7.62. The van der Waals surface area contributed by atoms with Crippen molar-refractivity contribution in [2.75, 3.05) is 23.4 Å². The van der Waals surface area contributed by atoms with Crippen LogP contribution in [-0.2, 0) is 14.3 Å². The van der Waals surface area contributed by atoms with E-state index in [1.807, 2.05) is 54.6 Å². The number of hydrogen-bond donors (Lipinski definition) is 4. The van der Waals surface area contributed by atoms with Gasteiger partial charge in [-0.25, -0.2) is 0 Å². The first-order valence-corrected chi connectivity index (χ1v) is 10.5. The number of anilines is 2. The number of amidine groups is 1. The van der Waals surface area contributed by atoms with E-state index in [0.29, 0.717) is 23.5 Å². The summed E-state index contributed by atoms with van der Waals surface area (Å²) in [6.07, 6.45) is -3.01. The molecule has 0 aromatic heterocycles. The van der Waals surface area contributed by atoms with E-state index in [2.05, 4.69) is 5.32 Å². The zero-order valence-electron chi connectivity index (χ0n) is 17.8. The van der Waals surface area contributed by atoms with Gasteiger partial charge in [-0.2, -0.15) is 0 Å². The molecule has 1 unspecified atom stereocenters. The number of nitrogens with one attached hydrogen (secondary N) is 2. The van der Waals surface area contributed by atoms with E-state index < -0.39 is 24.0 Å². The van der Waals surface area contributed by atoms with Crippen LogP contribution in [0.5, 0.6) is 0 Å². The highest BCUT2D eigenvalue weighted by molar-refractivity contribution is 6.04. The molecule has 0 spiro atoms. The summed E-state index contributed by atoms with van der Waals surface area (Å²) in [6, 6.07) is 23.6. The fraction of sp³-hybridized carbons (Fsp3) is 0.160. The smallest absolute Gasteiger partial charge is 0.259 e. The summed E-state index contributed by atoms with van der Waals surface area (Å²) in [5.74, 6) is -1.34. The Hall–Kier alpha value is -4.01. The number of rotatable bonds is 6. The molecule has 33 heavy (non-hydrogen) atoms. The van der Waals surface area contributed by atoms with Gasteiger partial charge in [0, 0.05) is 23.5 Å². The topological polar surface area (TPSA) is 129 Å². The summed E-state index contributed by atoms with van der Waals surface area (Å²) < 4.78 is 5.48. The van der Waals surface area contributed by atoms with Gasteiger partial charge in [0.1, 0.15) is 5.84 Å². The maximum absolute atomic E-state index is 13.1. The van der Waals surface area contributed by atoms with Gasteiger partial charge in [0.15, 0.2) is 12.2 Å². The first-order valence-electron chi connectivity index (χ1n) is 10.5. The minimum atomic E-state index is -1.69. The lowest BCUT2D eigenvalue weighted by Crippen LogP contribution is -2.55. The minimum Gasteiger partial charge on any atom is -0.384 e. The molecule has 8 heteroatoms. The van der Waals surface area contributed by atoms with Gasteiger partial charge in [0.25, 0.3) is 11.8 Å². The third-order valence-corrected chi connectivity index (χ3v) is 5.41. The maximum Gasteiger partial charge on any atom is 0.259 e. The average molecular weight is 444 g/mol. The zero-order valence-corrected chi connectivity index (χ0v) is 17.8. The van der Waals surface area contributed by atoms with E-state index in [0.717, 1.165) is 11.1 Å². The van der Waals surface area contributed by atoms with Crippen molar-refractivity contribution in [2.24, 2.45) is 5.73 Å². The van der Waals surface area contributed by atoms with Gasteiger partial charge in [-0.1, -0.05) is 42.5 Å². The molecule has 2 atom stereocenters. The van der Waals surface area contributed by atoms with E-state index in [9.17, 15) is 14.7 Å². The average Bonchev–Trinajstić information content (AvgIpc) is 2.84. The van der Waals surface area contributed by atoms with Crippen LogP contribution in [0.25, 0.3) is 11.1 Å². The number of benzene rings is 3. The van der Waals surface area contributed by atoms with Gasteiger partial charge in [0.05, 0.1) is 6.61 Å². The molecule has 0 bridgehead atoms. The monoisotopic (exact) mass is 444 g/mol. The predicted molar refractivity (Wildman–Crippen MR) is 126 cm³/mol. The fourth-order valence-electron chi connectivity index (χ4n) is 3.66. The van der Waals surface area contributed by atoms with E-state index in [-0.39, 0.29) is 12.4 Å². The summed E-state index contributed by atoms with van der Waals surface area (Å²) in [6.45, 7) is 0.498. The molecule has 0 aliphatic carbocycles. The van der Waals surface area contributed by atoms with Crippen molar-refractivity contribution in [3.8, 4) is 11.1 Å². The molecule has 1 aliphatic heterocycles. The van der Waals surface area contributed by atoms with Crippen molar-refractivity contribution in [1.82, 2.24) is 0 Å². The lowest BCUT2D eigenvalue weighted by molar-refractivity contribution is -0.150. The van der Waals surface area contributed by atoms with Crippen LogP contribution in [0.2, 0.25) is 0 Å². The SMILES string of the molecule is N=C(N)c1ccc(NC(=O)C(O)[C@H]2OCCN(c3cccc(-c4ccccc4)c3)C2=O)cc1. The fourth-order valence-corrected chi connectivity index (χ4v) is 3.66. The van der Waals surface area contributed by atoms with Crippen molar-refractivity contribution in [1.29, 1.82) is 5.41 Å². The second kappa shape index (κ2) is 9.64. The minimum absolute atomic E-state index is 0.0921. The van der Waals surface area contributed by atoms with E-state index >= 15 is 0 Å². The number of aliphatic hydroxyl groups excluding tert-OH is 1. The van der Waals surface area contributed by atoms with E-state index in [1.165, 1.54) is 4.90 Å². The van der Waals surface area contributed by atoms with Crippen LogP contribution in [0, 0.1) is 5.41 Å². The number of amides is 2. The highest BCUT2D eigenvalue weighted by Crippen LogP contribution is 2.27. The van der Waals surface area contributed by atoms with Gasteiger partial charge in [-0.15, -0.1) is 0 Å². The Balaban J connectivity index is 1.48. The molecule has 8 nitrogen and oxygen atoms in total. The van der Waals surface area contributed by atoms with Crippen molar-refractivity contribution in [2.45, 2.75) is 12.2 Å². The number of aliphatic hydroxyl groups is 1. The summed E-state index contributed by atoms with van der Waals surface area (Å²) in [5, 5.41) is 20.6. The van der Waals surface area contributed by atoms with E-state index in [4.69, 9.17) is 15.9 Å². The molecule has 5 N–H and O–H groups in total.